The van der Waals surface area contributed by atoms with E-state index < -0.39 is 0 Å². The third-order valence-electron chi connectivity index (χ3n) is 2.16. The van der Waals surface area contributed by atoms with Crippen LogP contribution in [0.5, 0.6) is 0 Å². The Morgan fingerprint density at radius 3 is 1.80 bits per heavy atom. The van der Waals surface area contributed by atoms with Gasteiger partial charge in [-0.2, -0.15) is 0 Å². The van der Waals surface area contributed by atoms with Gasteiger partial charge in [-0.15, -0.1) is 0 Å². The van der Waals surface area contributed by atoms with Crippen molar-refractivity contribution in [1.29, 1.82) is 0 Å². The Kier molecular flexibility index (Phi) is 14.4. The van der Waals surface area contributed by atoms with Crippen LogP contribution in [-0.2, 0) is 0 Å². The van der Waals surface area contributed by atoms with Gasteiger partial charge in [0, 0.05) is 6.54 Å². The van der Waals surface area contributed by atoms with E-state index in [9.17, 15) is 0 Å². The number of rotatable bonds is 12. The van der Waals surface area contributed by atoms with Crippen LogP contribution in [-0.4, -0.2) is 39.3 Å². The molecule has 0 aliphatic carbocycles. The Hall–Kier alpha value is 0.190. The smallest absolute Gasteiger partial charge is 0.00682 e. The number of nitrogens with one attached hydrogen (secondary N) is 3. The zero-order valence-electron chi connectivity index (χ0n) is 9.60. The molecule has 0 radical (unpaired) electrons. The summed E-state index contributed by atoms with van der Waals surface area (Å²) in [5, 5.41) is 6.77. The van der Waals surface area contributed by atoms with E-state index in [0.717, 1.165) is 52.1 Å². The summed E-state index contributed by atoms with van der Waals surface area (Å²) in [5.74, 6) is 0. The molecule has 0 rings (SSSR count). The molecule has 4 nitrogen and oxygen atoms in total. The van der Waals surface area contributed by atoms with Crippen LogP contribution in [0.4, 0.5) is 0 Å². The van der Waals surface area contributed by atoms with Gasteiger partial charge in [-0.1, -0.05) is 12.8 Å². The third kappa shape index (κ3) is 14.2. The maximum atomic E-state index is 5.39. The normalized spacial score (nSPS) is 10.8. The summed E-state index contributed by atoms with van der Waals surface area (Å²) in [6.07, 6.45) is 4.69. The van der Waals surface area contributed by atoms with Crippen molar-refractivity contribution in [2.45, 2.75) is 25.7 Å². The van der Waals surface area contributed by atoms with Crippen molar-refractivity contribution < 1.29 is 0 Å². The summed E-state index contributed by atoms with van der Waals surface area (Å²) in [6, 6.07) is 0. The quantitative estimate of drug-likeness (QED) is 0.246. The van der Waals surface area contributed by atoms with Gasteiger partial charge in [-0.3, -0.25) is 4.72 Å². The van der Waals surface area contributed by atoms with E-state index in [4.69, 9.17) is 5.73 Å². The molecule has 92 valence electrons. The lowest BCUT2D eigenvalue weighted by Crippen LogP contribution is -2.22. The van der Waals surface area contributed by atoms with E-state index in [0.29, 0.717) is 0 Å². The second-order valence-corrected chi connectivity index (χ2v) is 3.93. The molecule has 0 amide bonds. The minimum Gasteiger partial charge on any atom is -0.330 e. The first-order chi connectivity index (χ1) is 7.41. The molecular formula is C10H26N4S. The van der Waals surface area contributed by atoms with Crippen molar-refractivity contribution >= 4 is 12.8 Å². The molecule has 0 bridgehead atoms. The van der Waals surface area contributed by atoms with Gasteiger partial charge >= 0.3 is 0 Å². The minimum atomic E-state index is 0.785. The van der Waals surface area contributed by atoms with Crippen molar-refractivity contribution in [3.05, 3.63) is 0 Å². The molecular weight excluding hydrogens is 208 g/mol. The Morgan fingerprint density at radius 2 is 1.27 bits per heavy atom. The number of unbranched alkanes of at least 4 members (excludes halogenated alkanes) is 1. The second kappa shape index (κ2) is 14.2. The highest BCUT2D eigenvalue weighted by molar-refractivity contribution is 7.78. The molecule has 0 spiro atoms. The third-order valence-corrected chi connectivity index (χ3v) is 2.38. The van der Waals surface area contributed by atoms with Crippen LogP contribution < -0.4 is 21.1 Å². The summed E-state index contributed by atoms with van der Waals surface area (Å²) in [6.45, 7) is 6.11. The predicted molar refractivity (Wildman–Crippen MR) is 70.3 cm³/mol. The molecule has 5 heteroatoms. The van der Waals surface area contributed by atoms with Crippen molar-refractivity contribution in [3.63, 3.8) is 0 Å². The maximum absolute atomic E-state index is 5.39. The van der Waals surface area contributed by atoms with Crippen molar-refractivity contribution in [3.8, 4) is 0 Å². The maximum Gasteiger partial charge on any atom is 0.00682 e. The average molecular weight is 234 g/mol. The molecule has 5 N–H and O–H groups in total. The standard InChI is InChI=1S/C10H26N4S/c11-5-3-8-12-6-1-2-7-13-9-4-10-14-15/h12-15H,1-11H2. The van der Waals surface area contributed by atoms with Crippen LogP contribution in [0, 0.1) is 0 Å². The van der Waals surface area contributed by atoms with Crippen LogP contribution in [0.3, 0.4) is 0 Å². The van der Waals surface area contributed by atoms with Crippen LogP contribution in [0.1, 0.15) is 25.7 Å². The molecule has 0 heterocycles. The van der Waals surface area contributed by atoms with E-state index >= 15 is 0 Å². The van der Waals surface area contributed by atoms with Gasteiger partial charge in [-0.05, 0) is 58.4 Å². The van der Waals surface area contributed by atoms with Crippen molar-refractivity contribution in [1.82, 2.24) is 15.4 Å². The molecule has 0 aromatic carbocycles. The minimum absolute atomic E-state index is 0.785. The van der Waals surface area contributed by atoms with Gasteiger partial charge in [0.25, 0.3) is 0 Å². The molecule has 15 heavy (non-hydrogen) atoms. The highest BCUT2D eigenvalue weighted by Crippen LogP contribution is 1.85. The first-order valence-electron chi connectivity index (χ1n) is 5.90. The summed E-state index contributed by atoms with van der Waals surface area (Å²) < 4.78 is 2.83. The van der Waals surface area contributed by atoms with Crippen molar-refractivity contribution in [2.75, 3.05) is 39.3 Å². The van der Waals surface area contributed by atoms with E-state index in [1.54, 1.807) is 0 Å². The lowest BCUT2D eigenvalue weighted by Gasteiger charge is -2.05. The zero-order valence-corrected chi connectivity index (χ0v) is 10.5. The number of hydrogen-bond acceptors (Lipinski definition) is 5. The summed E-state index contributed by atoms with van der Waals surface area (Å²) >= 11 is 3.92. The van der Waals surface area contributed by atoms with Gasteiger partial charge in [0.1, 0.15) is 0 Å². The Morgan fingerprint density at radius 1 is 0.733 bits per heavy atom. The van der Waals surface area contributed by atoms with Gasteiger partial charge in [0.2, 0.25) is 0 Å². The summed E-state index contributed by atoms with van der Waals surface area (Å²) in [7, 11) is 0. The fourth-order valence-corrected chi connectivity index (χ4v) is 1.43. The monoisotopic (exact) mass is 234 g/mol. The summed E-state index contributed by atoms with van der Waals surface area (Å²) in [4.78, 5) is 0. The molecule has 0 aliphatic heterocycles. The molecule has 0 aromatic heterocycles. The first kappa shape index (κ1) is 15.2. The molecule has 0 saturated heterocycles. The molecule has 0 atom stereocenters. The van der Waals surface area contributed by atoms with Gasteiger partial charge in [-0.25, -0.2) is 0 Å². The van der Waals surface area contributed by atoms with E-state index in [1.165, 1.54) is 12.8 Å². The lowest BCUT2D eigenvalue weighted by molar-refractivity contribution is 0.569. The Labute approximate surface area is 99.3 Å². The van der Waals surface area contributed by atoms with Gasteiger partial charge in [0.05, 0.1) is 0 Å². The molecule has 0 saturated carbocycles. The zero-order chi connectivity index (χ0) is 11.2. The molecule has 0 unspecified atom stereocenters. The van der Waals surface area contributed by atoms with Gasteiger partial charge < -0.3 is 16.4 Å². The van der Waals surface area contributed by atoms with Crippen LogP contribution in [0.2, 0.25) is 0 Å². The van der Waals surface area contributed by atoms with Crippen molar-refractivity contribution in [2.24, 2.45) is 5.73 Å². The Bertz CT molecular complexity index is 102. The molecule has 0 aliphatic rings. The fraction of sp³-hybridized carbons (Fsp3) is 1.00. The topological polar surface area (TPSA) is 62.1 Å². The predicted octanol–water partition coefficient (Wildman–Crippen LogP) is 0.119. The second-order valence-electron chi connectivity index (χ2n) is 3.61. The van der Waals surface area contributed by atoms with Crippen LogP contribution in [0.25, 0.3) is 0 Å². The molecule has 0 fully saturated rings. The highest BCUT2D eigenvalue weighted by atomic mass is 32.1. The van der Waals surface area contributed by atoms with E-state index in [2.05, 4.69) is 28.2 Å². The average Bonchev–Trinajstić information content (AvgIpc) is 2.26. The van der Waals surface area contributed by atoms with Crippen LogP contribution >= 0.6 is 12.8 Å². The van der Waals surface area contributed by atoms with E-state index in [1.807, 2.05) is 0 Å². The lowest BCUT2D eigenvalue weighted by atomic mass is 10.3. The SMILES string of the molecule is NCCCNCCCCNCCCNS. The Balaban J connectivity index is 2.81. The summed E-state index contributed by atoms with van der Waals surface area (Å²) in [5.41, 5.74) is 5.39. The largest absolute Gasteiger partial charge is 0.330 e. The first-order valence-corrected chi connectivity index (χ1v) is 6.35. The fourth-order valence-electron chi connectivity index (χ4n) is 1.27. The number of thiol groups is 1. The number of hydrogen-bond donors (Lipinski definition) is 5. The van der Waals surface area contributed by atoms with E-state index in [-0.39, 0.29) is 0 Å². The molecule has 0 aromatic rings. The number of nitrogens with two attached hydrogens (primary N) is 1. The van der Waals surface area contributed by atoms with Crippen LogP contribution in [0.15, 0.2) is 0 Å². The highest BCUT2D eigenvalue weighted by Gasteiger charge is 1.90. The van der Waals surface area contributed by atoms with Gasteiger partial charge in [0.15, 0.2) is 0 Å².